The minimum Gasteiger partial charge on any atom is -0.484 e. The van der Waals surface area contributed by atoms with Crippen LogP contribution in [0.2, 0.25) is 0 Å². The SMILES string of the molecule is O=C(COc1ccc(N2CCCC2=O)cc1)NCC1(c2ccc3c(c2)OCO3)CCOCC1. The van der Waals surface area contributed by atoms with Crippen molar-refractivity contribution in [3.05, 3.63) is 48.0 Å². The lowest BCUT2D eigenvalue weighted by Gasteiger charge is -2.38. The normalized spacial score (nSPS) is 18.9. The lowest BCUT2D eigenvalue weighted by Crippen LogP contribution is -2.45. The van der Waals surface area contributed by atoms with E-state index >= 15 is 0 Å². The minimum atomic E-state index is -0.223. The summed E-state index contributed by atoms with van der Waals surface area (Å²) in [6.07, 6.45) is 3.10. The maximum absolute atomic E-state index is 12.6. The second kappa shape index (κ2) is 9.31. The first-order valence-electron chi connectivity index (χ1n) is 11.4. The molecule has 0 bridgehead atoms. The number of hydrogen-bond donors (Lipinski definition) is 1. The fourth-order valence-electron chi connectivity index (χ4n) is 4.67. The fourth-order valence-corrected chi connectivity index (χ4v) is 4.67. The fraction of sp³-hybridized carbons (Fsp3) is 0.440. The summed E-state index contributed by atoms with van der Waals surface area (Å²) >= 11 is 0. The third kappa shape index (κ3) is 4.61. The Morgan fingerprint density at radius 2 is 1.85 bits per heavy atom. The molecule has 33 heavy (non-hydrogen) atoms. The Hall–Kier alpha value is -3.26. The number of nitrogens with zero attached hydrogens (tertiary/aromatic N) is 1. The van der Waals surface area contributed by atoms with Gasteiger partial charge in [0, 0.05) is 43.8 Å². The van der Waals surface area contributed by atoms with Crippen LogP contribution in [-0.2, 0) is 19.7 Å². The Kier molecular flexibility index (Phi) is 6.09. The van der Waals surface area contributed by atoms with Gasteiger partial charge in [0.2, 0.25) is 12.7 Å². The molecule has 5 rings (SSSR count). The third-order valence-corrected chi connectivity index (χ3v) is 6.65. The summed E-state index contributed by atoms with van der Waals surface area (Å²) in [6, 6.07) is 13.3. The smallest absolute Gasteiger partial charge is 0.257 e. The maximum atomic E-state index is 12.6. The summed E-state index contributed by atoms with van der Waals surface area (Å²) in [5.41, 5.74) is 1.75. The minimum absolute atomic E-state index is 0.0737. The van der Waals surface area contributed by atoms with Crippen molar-refractivity contribution in [3.8, 4) is 17.2 Å². The predicted octanol–water partition coefficient (Wildman–Crippen LogP) is 2.79. The molecule has 2 fully saturated rings. The van der Waals surface area contributed by atoms with Crippen LogP contribution in [0.3, 0.4) is 0 Å². The summed E-state index contributed by atoms with van der Waals surface area (Å²) in [5, 5.41) is 3.05. The Morgan fingerprint density at radius 3 is 2.61 bits per heavy atom. The van der Waals surface area contributed by atoms with Crippen molar-refractivity contribution in [2.24, 2.45) is 0 Å². The number of carbonyl (C=O) groups excluding carboxylic acids is 2. The number of fused-ring (bicyclic) bond motifs is 1. The van der Waals surface area contributed by atoms with Gasteiger partial charge in [0.1, 0.15) is 5.75 Å². The molecule has 8 nitrogen and oxygen atoms in total. The number of hydrogen-bond acceptors (Lipinski definition) is 6. The molecule has 174 valence electrons. The number of anilines is 1. The van der Waals surface area contributed by atoms with Gasteiger partial charge in [-0.25, -0.2) is 0 Å². The van der Waals surface area contributed by atoms with E-state index in [1.807, 2.05) is 30.3 Å². The number of nitrogens with one attached hydrogen (secondary N) is 1. The topological polar surface area (TPSA) is 86.3 Å². The van der Waals surface area contributed by atoms with Crippen LogP contribution in [0.4, 0.5) is 5.69 Å². The molecule has 3 heterocycles. The Balaban J connectivity index is 1.18. The van der Waals surface area contributed by atoms with Gasteiger partial charge >= 0.3 is 0 Å². The highest BCUT2D eigenvalue weighted by Crippen LogP contribution is 2.40. The molecule has 0 aliphatic carbocycles. The first kappa shape index (κ1) is 21.6. The molecule has 8 heteroatoms. The number of benzene rings is 2. The van der Waals surface area contributed by atoms with Crippen LogP contribution < -0.4 is 24.4 Å². The van der Waals surface area contributed by atoms with Gasteiger partial charge in [0.25, 0.3) is 5.91 Å². The van der Waals surface area contributed by atoms with Gasteiger partial charge < -0.3 is 29.2 Å². The van der Waals surface area contributed by atoms with Crippen LogP contribution in [0, 0.1) is 0 Å². The molecule has 0 atom stereocenters. The molecule has 3 aliphatic heterocycles. The van der Waals surface area contributed by atoms with Crippen LogP contribution in [0.5, 0.6) is 17.2 Å². The van der Waals surface area contributed by atoms with Gasteiger partial charge in [-0.2, -0.15) is 0 Å². The van der Waals surface area contributed by atoms with E-state index < -0.39 is 0 Å². The zero-order chi connectivity index (χ0) is 22.7. The third-order valence-electron chi connectivity index (χ3n) is 6.65. The van der Waals surface area contributed by atoms with E-state index in [9.17, 15) is 9.59 Å². The van der Waals surface area contributed by atoms with E-state index in [1.54, 1.807) is 17.0 Å². The maximum Gasteiger partial charge on any atom is 0.257 e. The molecule has 1 N–H and O–H groups in total. The first-order chi connectivity index (χ1) is 16.1. The lowest BCUT2D eigenvalue weighted by molar-refractivity contribution is -0.123. The zero-order valence-corrected chi connectivity index (χ0v) is 18.5. The molecule has 2 saturated heterocycles. The van der Waals surface area contributed by atoms with Crippen molar-refractivity contribution < 1.29 is 28.5 Å². The Bertz CT molecular complexity index is 1020. The zero-order valence-electron chi connectivity index (χ0n) is 18.5. The van der Waals surface area contributed by atoms with Crippen LogP contribution in [0.1, 0.15) is 31.2 Å². The van der Waals surface area contributed by atoms with Crippen LogP contribution >= 0.6 is 0 Å². The van der Waals surface area contributed by atoms with E-state index in [2.05, 4.69) is 5.32 Å². The molecule has 2 aromatic rings. The Morgan fingerprint density at radius 1 is 1.06 bits per heavy atom. The second-order valence-electron chi connectivity index (χ2n) is 8.67. The molecular weight excluding hydrogens is 424 g/mol. The van der Waals surface area contributed by atoms with E-state index in [4.69, 9.17) is 18.9 Å². The van der Waals surface area contributed by atoms with Gasteiger partial charge in [0.15, 0.2) is 18.1 Å². The number of amides is 2. The first-order valence-corrected chi connectivity index (χ1v) is 11.4. The van der Waals surface area contributed by atoms with Crippen molar-refractivity contribution in [1.82, 2.24) is 5.32 Å². The largest absolute Gasteiger partial charge is 0.484 e. The standard InChI is InChI=1S/C25H28N2O6/c28-23(15-31-20-6-4-19(5-7-20)27-11-1-2-24(27)29)26-16-25(9-12-30-13-10-25)18-3-8-21-22(14-18)33-17-32-21/h3-8,14H,1-2,9-13,15-17H2,(H,26,28). The van der Waals surface area contributed by atoms with Gasteiger partial charge in [-0.15, -0.1) is 0 Å². The van der Waals surface area contributed by atoms with E-state index in [1.165, 1.54) is 0 Å². The van der Waals surface area contributed by atoms with E-state index in [0.717, 1.165) is 48.6 Å². The molecule has 0 unspecified atom stereocenters. The average molecular weight is 453 g/mol. The summed E-state index contributed by atoms with van der Waals surface area (Å²) in [6.45, 7) is 2.69. The molecule has 2 aromatic carbocycles. The molecule has 0 spiro atoms. The van der Waals surface area contributed by atoms with Gasteiger partial charge in [-0.05, 0) is 61.2 Å². The summed E-state index contributed by atoms with van der Waals surface area (Å²) in [7, 11) is 0. The van der Waals surface area contributed by atoms with E-state index in [-0.39, 0.29) is 30.6 Å². The quantitative estimate of drug-likeness (QED) is 0.695. The highest BCUT2D eigenvalue weighted by Gasteiger charge is 2.36. The summed E-state index contributed by atoms with van der Waals surface area (Å²) in [5.74, 6) is 2.05. The molecule has 0 saturated carbocycles. The highest BCUT2D eigenvalue weighted by atomic mass is 16.7. The van der Waals surface area contributed by atoms with Crippen molar-refractivity contribution >= 4 is 17.5 Å². The highest BCUT2D eigenvalue weighted by molar-refractivity contribution is 5.95. The molecule has 2 amide bonds. The van der Waals surface area contributed by atoms with Crippen molar-refractivity contribution in [3.63, 3.8) is 0 Å². The lowest BCUT2D eigenvalue weighted by atomic mass is 9.74. The average Bonchev–Trinajstić information content (AvgIpc) is 3.50. The molecular formula is C25H28N2O6. The van der Waals surface area contributed by atoms with Crippen LogP contribution in [-0.4, -0.2) is 51.5 Å². The van der Waals surface area contributed by atoms with Gasteiger partial charge in [-0.3, -0.25) is 9.59 Å². The summed E-state index contributed by atoms with van der Waals surface area (Å²) < 4.78 is 22.2. The summed E-state index contributed by atoms with van der Waals surface area (Å²) in [4.78, 5) is 26.2. The van der Waals surface area contributed by atoms with Gasteiger partial charge in [-0.1, -0.05) is 6.07 Å². The molecule has 3 aliphatic rings. The number of rotatable bonds is 7. The van der Waals surface area contributed by atoms with Crippen LogP contribution in [0.25, 0.3) is 0 Å². The van der Waals surface area contributed by atoms with E-state index in [0.29, 0.717) is 31.9 Å². The van der Waals surface area contributed by atoms with Crippen molar-refractivity contribution in [2.45, 2.75) is 31.1 Å². The van der Waals surface area contributed by atoms with Crippen molar-refractivity contribution in [2.75, 3.05) is 44.6 Å². The second-order valence-corrected chi connectivity index (χ2v) is 8.67. The molecule has 0 aromatic heterocycles. The van der Waals surface area contributed by atoms with Crippen molar-refractivity contribution in [1.29, 1.82) is 0 Å². The van der Waals surface area contributed by atoms with Gasteiger partial charge in [0.05, 0.1) is 0 Å². The van der Waals surface area contributed by atoms with Crippen LogP contribution in [0.15, 0.2) is 42.5 Å². The Labute approximate surface area is 192 Å². The monoisotopic (exact) mass is 452 g/mol. The number of carbonyl (C=O) groups is 2. The number of ether oxygens (including phenoxy) is 4. The predicted molar refractivity (Wildman–Crippen MR) is 121 cm³/mol. The molecule has 0 radical (unpaired) electrons.